The molecule has 0 spiro atoms. The first-order chi connectivity index (χ1) is 14.5. The van der Waals surface area contributed by atoms with Gasteiger partial charge in [-0.15, -0.1) is 0 Å². The summed E-state index contributed by atoms with van der Waals surface area (Å²) in [4.78, 5) is 23.4. The minimum atomic E-state index is -3.76. The predicted octanol–water partition coefficient (Wildman–Crippen LogP) is 3.97. The molecular weight excluding hydrogens is 422 g/mol. The second kappa shape index (κ2) is 9.88. The molecule has 0 heterocycles. The normalized spacial score (nSPS) is 11.6. The number of ether oxygens (including phenoxy) is 1. The fourth-order valence-corrected chi connectivity index (χ4v) is 4.46. The Morgan fingerprint density at radius 1 is 1.16 bits per heavy atom. The fraction of sp³-hybridized carbons (Fsp3) is 0.381. The minimum absolute atomic E-state index is 0.0116. The first-order valence-electron chi connectivity index (χ1n) is 9.88. The third-order valence-corrected chi connectivity index (χ3v) is 6.62. The van der Waals surface area contributed by atoms with E-state index in [1.165, 1.54) is 40.7 Å². The number of carbonyl (C=O) groups excluding carboxylic acids is 1. The molecule has 0 aliphatic carbocycles. The summed E-state index contributed by atoms with van der Waals surface area (Å²) in [6.45, 7) is 9.27. The van der Waals surface area contributed by atoms with E-state index in [0.717, 1.165) is 0 Å². The van der Waals surface area contributed by atoms with Gasteiger partial charge in [0.05, 0.1) is 21.6 Å². The largest absolute Gasteiger partial charge is 0.489 e. The van der Waals surface area contributed by atoms with Crippen molar-refractivity contribution in [3.63, 3.8) is 0 Å². The average Bonchev–Trinajstić information content (AvgIpc) is 2.69. The Morgan fingerprint density at radius 2 is 1.81 bits per heavy atom. The SMILES string of the molecule is CCN(CC)S(=O)(=O)c1ccc(OC(C)C)c(NC(=O)c2ccc(C)c([N+](=O)[O-])c2)c1. The van der Waals surface area contributed by atoms with Crippen molar-refractivity contribution in [2.45, 2.75) is 45.6 Å². The molecule has 1 N–H and O–H groups in total. The highest BCUT2D eigenvalue weighted by molar-refractivity contribution is 7.89. The summed E-state index contributed by atoms with van der Waals surface area (Å²) in [6, 6.07) is 8.40. The maximum absolute atomic E-state index is 12.9. The van der Waals surface area contributed by atoms with E-state index in [4.69, 9.17) is 4.74 Å². The van der Waals surface area contributed by atoms with Crippen LogP contribution < -0.4 is 10.1 Å². The van der Waals surface area contributed by atoms with Crippen LogP contribution in [0.2, 0.25) is 0 Å². The summed E-state index contributed by atoms with van der Waals surface area (Å²) < 4.78 is 32.8. The van der Waals surface area contributed by atoms with Gasteiger partial charge >= 0.3 is 0 Å². The molecule has 1 amide bonds. The topological polar surface area (TPSA) is 119 Å². The number of nitro groups is 1. The molecule has 0 saturated heterocycles. The van der Waals surface area contributed by atoms with E-state index in [0.29, 0.717) is 24.4 Å². The number of aryl methyl sites for hydroxylation is 1. The number of nitrogens with one attached hydrogen (secondary N) is 1. The number of hydrogen-bond donors (Lipinski definition) is 1. The molecule has 0 unspecified atom stereocenters. The number of rotatable bonds is 9. The lowest BCUT2D eigenvalue weighted by Gasteiger charge is -2.20. The van der Waals surface area contributed by atoms with Gasteiger partial charge in [-0.05, 0) is 45.0 Å². The molecule has 0 atom stereocenters. The van der Waals surface area contributed by atoms with Crippen LogP contribution in [0.4, 0.5) is 11.4 Å². The van der Waals surface area contributed by atoms with Gasteiger partial charge in [0.1, 0.15) is 5.75 Å². The Bertz CT molecular complexity index is 1080. The predicted molar refractivity (Wildman–Crippen MR) is 118 cm³/mol. The summed E-state index contributed by atoms with van der Waals surface area (Å²) in [6.07, 6.45) is -0.221. The molecule has 2 aromatic carbocycles. The zero-order valence-corrected chi connectivity index (χ0v) is 19.0. The molecule has 0 radical (unpaired) electrons. The van der Waals surface area contributed by atoms with Gasteiger partial charge in [-0.3, -0.25) is 14.9 Å². The number of amides is 1. The molecule has 2 aromatic rings. The standard InChI is InChI=1S/C21H27N3O6S/c1-6-23(7-2)31(28,29)17-10-11-20(30-14(3)4)18(13-17)22-21(25)16-9-8-15(5)19(12-16)24(26)27/h8-14H,6-7H2,1-5H3,(H,22,25). The van der Waals surface area contributed by atoms with Crippen molar-refractivity contribution in [2.24, 2.45) is 0 Å². The maximum Gasteiger partial charge on any atom is 0.273 e. The van der Waals surface area contributed by atoms with Crippen LogP contribution in [0.3, 0.4) is 0 Å². The van der Waals surface area contributed by atoms with Crippen molar-refractivity contribution >= 4 is 27.3 Å². The Kier molecular flexibility index (Phi) is 7.75. The van der Waals surface area contributed by atoms with E-state index in [1.54, 1.807) is 34.6 Å². The molecule has 0 aromatic heterocycles. The smallest absolute Gasteiger partial charge is 0.273 e. The number of benzene rings is 2. The number of carbonyl (C=O) groups is 1. The lowest BCUT2D eigenvalue weighted by Crippen LogP contribution is -2.30. The third kappa shape index (κ3) is 5.59. The number of hydrogen-bond acceptors (Lipinski definition) is 6. The molecule has 0 saturated carbocycles. The quantitative estimate of drug-likeness (QED) is 0.457. The Labute approximate surface area is 182 Å². The molecular formula is C21H27N3O6S. The van der Waals surface area contributed by atoms with Crippen molar-refractivity contribution in [1.82, 2.24) is 4.31 Å². The summed E-state index contributed by atoms with van der Waals surface area (Å²) in [5.41, 5.74) is 0.488. The number of nitro benzene ring substituents is 1. The van der Waals surface area contributed by atoms with E-state index in [2.05, 4.69) is 5.32 Å². The maximum atomic E-state index is 12.9. The van der Waals surface area contributed by atoms with Crippen molar-refractivity contribution < 1.29 is 22.9 Å². The molecule has 9 nitrogen and oxygen atoms in total. The second-order valence-corrected chi connectivity index (χ2v) is 9.06. The monoisotopic (exact) mass is 449 g/mol. The number of anilines is 1. The van der Waals surface area contributed by atoms with E-state index in [1.807, 2.05) is 0 Å². The summed E-state index contributed by atoms with van der Waals surface area (Å²) in [5.74, 6) is -0.322. The zero-order chi connectivity index (χ0) is 23.3. The van der Waals surface area contributed by atoms with Gasteiger partial charge in [0.15, 0.2) is 0 Å². The Morgan fingerprint density at radius 3 is 2.35 bits per heavy atom. The molecule has 2 rings (SSSR count). The minimum Gasteiger partial charge on any atom is -0.489 e. The summed E-state index contributed by atoms with van der Waals surface area (Å²) >= 11 is 0. The van der Waals surface area contributed by atoms with Crippen LogP contribution in [-0.2, 0) is 10.0 Å². The van der Waals surface area contributed by atoms with Crippen molar-refractivity contribution in [2.75, 3.05) is 18.4 Å². The van der Waals surface area contributed by atoms with Crippen LogP contribution in [0.15, 0.2) is 41.3 Å². The van der Waals surface area contributed by atoms with Crippen molar-refractivity contribution in [3.8, 4) is 5.75 Å². The van der Waals surface area contributed by atoms with Crippen LogP contribution in [0.1, 0.15) is 43.6 Å². The van der Waals surface area contributed by atoms with Gasteiger partial charge in [-0.25, -0.2) is 8.42 Å². The highest BCUT2D eigenvalue weighted by Crippen LogP contribution is 2.31. The van der Waals surface area contributed by atoms with Crippen LogP contribution in [0.25, 0.3) is 0 Å². The second-order valence-electron chi connectivity index (χ2n) is 7.13. The lowest BCUT2D eigenvalue weighted by atomic mass is 10.1. The van der Waals surface area contributed by atoms with E-state index in [-0.39, 0.29) is 27.9 Å². The van der Waals surface area contributed by atoms with Crippen molar-refractivity contribution in [1.29, 1.82) is 0 Å². The van der Waals surface area contributed by atoms with Crippen LogP contribution in [-0.4, -0.2) is 42.7 Å². The van der Waals surface area contributed by atoms with Gasteiger partial charge in [0.2, 0.25) is 10.0 Å². The molecule has 0 aliphatic rings. The number of nitrogens with zero attached hydrogens (tertiary/aromatic N) is 2. The van der Waals surface area contributed by atoms with Gasteiger partial charge < -0.3 is 10.1 Å². The number of sulfonamides is 1. The molecule has 0 fully saturated rings. The van der Waals surface area contributed by atoms with Gasteiger partial charge in [-0.2, -0.15) is 4.31 Å². The van der Waals surface area contributed by atoms with Crippen LogP contribution in [0, 0.1) is 17.0 Å². The lowest BCUT2D eigenvalue weighted by molar-refractivity contribution is -0.385. The first kappa shape index (κ1) is 24.3. The average molecular weight is 450 g/mol. The van der Waals surface area contributed by atoms with E-state index in [9.17, 15) is 23.3 Å². The highest BCUT2D eigenvalue weighted by Gasteiger charge is 2.24. The van der Waals surface area contributed by atoms with E-state index < -0.39 is 20.9 Å². The van der Waals surface area contributed by atoms with Crippen LogP contribution >= 0.6 is 0 Å². The molecule has 0 aliphatic heterocycles. The Balaban J connectivity index is 2.49. The summed E-state index contributed by atoms with van der Waals surface area (Å²) in [7, 11) is -3.76. The van der Waals surface area contributed by atoms with E-state index >= 15 is 0 Å². The summed E-state index contributed by atoms with van der Waals surface area (Å²) in [5, 5.41) is 13.8. The molecule has 0 bridgehead atoms. The fourth-order valence-electron chi connectivity index (χ4n) is 2.98. The first-order valence-corrected chi connectivity index (χ1v) is 11.3. The van der Waals surface area contributed by atoms with Gasteiger partial charge in [-0.1, -0.05) is 19.9 Å². The molecule has 168 valence electrons. The highest BCUT2D eigenvalue weighted by atomic mass is 32.2. The zero-order valence-electron chi connectivity index (χ0n) is 18.2. The molecule has 10 heteroatoms. The van der Waals surface area contributed by atoms with Crippen molar-refractivity contribution in [3.05, 3.63) is 57.6 Å². The van der Waals surface area contributed by atoms with Gasteiger partial charge in [0, 0.05) is 30.3 Å². The molecule has 31 heavy (non-hydrogen) atoms. The van der Waals surface area contributed by atoms with Gasteiger partial charge in [0.25, 0.3) is 11.6 Å². The van der Waals surface area contributed by atoms with Crippen LogP contribution in [0.5, 0.6) is 5.75 Å². The third-order valence-electron chi connectivity index (χ3n) is 4.57. The Hall–Kier alpha value is -2.98.